The highest BCUT2D eigenvalue weighted by Crippen LogP contribution is 2.23. The van der Waals surface area contributed by atoms with Crippen LogP contribution < -0.4 is 20.9 Å². The Morgan fingerprint density at radius 3 is 2.62 bits per heavy atom. The van der Waals surface area contributed by atoms with Crippen molar-refractivity contribution in [3.8, 4) is 0 Å². The van der Waals surface area contributed by atoms with E-state index in [1.807, 2.05) is 0 Å². The van der Waals surface area contributed by atoms with E-state index in [9.17, 15) is 9.59 Å². The second-order valence-corrected chi connectivity index (χ2v) is 11.7. The van der Waals surface area contributed by atoms with E-state index in [0.717, 1.165) is 64.6 Å². The molecule has 5 atom stereocenters. The molecule has 8 nitrogen and oxygen atoms in total. The van der Waals surface area contributed by atoms with E-state index in [-0.39, 0.29) is 11.9 Å². The van der Waals surface area contributed by atoms with Crippen molar-refractivity contribution in [2.45, 2.75) is 94.9 Å². The number of hydrogen-bond acceptors (Lipinski definition) is 4. The molecule has 0 bridgehead atoms. The molecule has 2 unspecified atom stereocenters. The van der Waals surface area contributed by atoms with Crippen LogP contribution in [-0.2, 0) is 9.59 Å². The summed E-state index contributed by atoms with van der Waals surface area (Å²) in [6.45, 7) is 7.88. The number of amides is 2. The number of rotatable bonds is 7. The molecule has 1 aliphatic carbocycles. The number of carbonyl (C=O) groups is 2. The third-order valence-electron chi connectivity index (χ3n) is 9.47. The van der Waals surface area contributed by atoms with Crippen LogP contribution in [0, 0.1) is 5.92 Å². The number of fused-ring (bicyclic) bond motifs is 1. The minimum Gasteiger partial charge on any atom is -0.345 e. The molecule has 5 N–H and O–H groups in total. The highest BCUT2D eigenvalue weighted by atomic mass is 16.2. The lowest BCUT2D eigenvalue weighted by molar-refractivity contribution is -0.930. The van der Waals surface area contributed by atoms with E-state index in [2.05, 4.69) is 25.8 Å². The molecule has 1 saturated carbocycles. The zero-order valence-electron chi connectivity index (χ0n) is 21.1. The van der Waals surface area contributed by atoms with Gasteiger partial charge in [-0.05, 0) is 38.1 Å². The minimum atomic E-state index is 0.0630. The van der Waals surface area contributed by atoms with Crippen LogP contribution in [0.3, 0.4) is 0 Å². The first kappa shape index (κ1) is 24.5. The molecular weight excluding hydrogens is 428 g/mol. The number of piperazine rings is 2. The van der Waals surface area contributed by atoms with Crippen molar-refractivity contribution in [1.82, 2.24) is 20.4 Å². The summed E-state index contributed by atoms with van der Waals surface area (Å²) in [6.07, 6.45) is 13.9. The third-order valence-corrected chi connectivity index (χ3v) is 9.47. The van der Waals surface area contributed by atoms with Gasteiger partial charge in [-0.15, -0.1) is 0 Å². The Hall–Kier alpha value is -1.22. The van der Waals surface area contributed by atoms with Crippen LogP contribution in [0.5, 0.6) is 0 Å². The number of hydrogen-bond donors (Lipinski definition) is 4. The Bertz CT molecular complexity index is 685. The van der Waals surface area contributed by atoms with Gasteiger partial charge in [0.05, 0.1) is 25.7 Å². The maximum absolute atomic E-state index is 13.0. The van der Waals surface area contributed by atoms with Crippen LogP contribution >= 0.6 is 0 Å². The molecule has 2 amide bonds. The van der Waals surface area contributed by atoms with Crippen molar-refractivity contribution in [2.24, 2.45) is 5.92 Å². The van der Waals surface area contributed by atoms with Gasteiger partial charge >= 0.3 is 0 Å². The second-order valence-electron chi connectivity index (χ2n) is 11.7. The predicted octanol–water partition coefficient (Wildman–Crippen LogP) is -1.32. The lowest BCUT2D eigenvalue weighted by Crippen LogP contribution is -3.21. The summed E-state index contributed by atoms with van der Waals surface area (Å²) < 4.78 is 0. The molecule has 0 aromatic carbocycles. The summed E-state index contributed by atoms with van der Waals surface area (Å²) in [5.74, 6) is 1.35. The van der Waals surface area contributed by atoms with Crippen LogP contribution in [-0.4, -0.2) is 98.3 Å². The van der Waals surface area contributed by atoms with E-state index < -0.39 is 0 Å². The van der Waals surface area contributed by atoms with E-state index in [1.54, 1.807) is 0 Å². The number of nitrogens with one attached hydrogen (secondary N) is 3. The van der Waals surface area contributed by atoms with Crippen molar-refractivity contribution < 1.29 is 19.8 Å². The molecule has 5 fully saturated rings. The topological polar surface area (TPSA) is 85.7 Å². The largest absolute Gasteiger partial charge is 0.345 e. The highest BCUT2D eigenvalue weighted by Gasteiger charge is 2.47. The highest BCUT2D eigenvalue weighted by molar-refractivity contribution is 5.81. The maximum Gasteiger partial charge on any atom is 0.278 e. The van der Waals surface area contributed by atoms with Gasteiger partial charge < -0.3 is 25.8 Å². The molecule has 0 aromatic rings. The summed E-state index contributed by atoms with van der Waals surface area (Å²) in [7, 11) is 0. The monoisotopic (exact) mass is 476 g/mol. The first-order valence-electron chi connectivity index (χ1n) is 14.4. The van der Waals surface area contributed by atoms with Gasteiger partial charge in [-0.1, -0.05) is 19.3 Å². The van der Waals surface area contributed by atoms with Crippen molar-refractivity contribution in [2.75, 3.05) is 52.4 Å². The Kier molecular flexibility index (Phi) is 8.40. The molecule has 4 aliphatic heterocycles. The first-order valence-corrected chi connectivity index (χ1v) is 14.4. The fourth-order valence-electron chi connectivity index (χ4n) is 7.33. The fourth-order valence-corrected chi connectivity index (χ4v) is 7.33. The summed E-state index contributed by atoms with van der Waals surface area (Å²) >= 11 is 0. The Balaban J connectivity index is 1.06. The van der Waals surface area contributed by atoms with Crippen LogP contribution in [0.15, 0.2) is 0 Å². The third kappa shape index (κ3) is 5.94. The van der Waals surface area contributed by atoms with E-state index in [4.69, 9.17) is 0 Å². The minimum absolute atomic E-state index is 0.0630. The molecule has 8 heteroatoms. The molecule has 5 rings (SSSR count). The molecule has 34 heavy (non-hydrogen) atoms. The molecule has 0 radical (unpaired) electrons. The Morgan fingerprint density at radius 2 is 1.85 bits per heavy atom. The van der Waals surface area contributed by atoms with Gasteiger partial charge in [0.25, 0.3) is 5.91 Å². The van der Waals surface area contributed by atoms with E-state index >= 15 is 0 Å². The normalized spacial score (nSPS) is 35.7. The molecule has 0 spiro atoms. The molecule has 5 aliphatic rings. The fraction of sp³-hybridized carbons (Fsp3) is 0.923. The van der Waals surface area contributed by atoms with Gasteiger partial charge in [0.2, 0.25) is 5.91 Å². The molecule has 4 heterocycles. The Morgan fingerprint density at radius 1 is 1.06 bits per heavy atom. The summed E-state index contributed by atoms with van der Waals surface area (Å²) in [4.78, 5) is 31.7. The maximum atomic E-state index is 13.0. The van der Waals surface area contributed by atoms with Crippen molar-refractivity contribution in [3.05, 3.63) is 0 Å². The predicted molar refractivity (Wildman–Crippen MR) is 131 cm³/mol. The number of quaternary nitrogens is 2. The molecular formula is C26H48N6O2+2. The molecule has 0 aromatic heterocycles. The molecule has 192 valence electrons. The van der Waals surface area contributed by atoms with Crippen molar-refractivity contribution >= 4 is 11.8 Å². The number of piperidine rings is 1. The number of carbonyl (C=O) groups excluding carboxylic acids is 2. The average Bonchev–Trinajstić information content (AvgIpc) is 3.34. The number of nitrogens with two attached hydrogens (primary N) is 1. The zero-order valence-corrected chi connectivity index (χ0v) is 21.1. The summed E-state index contributed by atoms with van der Waals surface area (Å²) in [6, 6.07) is 0.868. The average molecular weight is 477 g/mol. The van der Waals surface area contributed by atoms with E-state index in [0.29, 0.717) is 30.6 Å². The number of nitrogens with zero attached hydrogens (tertiary/aromatic N) is 2. The van der Waals surface area contributed by atoms with E-state index in [1.165, 1.54) is 62.8 Å². The van der Waals surface area contributed by atoms with Gasteiger partial charge in [0, 0.05) is 51.9 Å². The van der Waals surface area contributed by atoms with Crippen molar-refractivity contribution in [1.29, 1.82) is 0 Å². The van der Waals surface area contributed by atoms with Crippen LogP contribution in [0.2, 0.25) is 0 Å². The quantitative estimate of drug-likeness (QED) is 0.367. The van der Waals surface area contributed by atoms with Crippen molar-refractivity contribution in [3.63, 3.8) is 0 Å². The summed E-state index contributed by atoms with van der Waals surface area (Å²) in [5.41, 5.74) is 0. The Labute approximate surface area is 205 Å². The van der Waals surface area contributed by atoms with Crippen LogP contribution in [0.1, 0.15) is 70.6 Å². The lowest BCUT2D eigenvalue weighted by Gasteiger charge is -2.39. The summed E-state index contributed by atoms with van der Waals surface area (Å²) in [5, 5.41) is 9.46. The van der Waals surface area contributed by atoms with Gasteiger partial charge in [-0.3, -0.25) is 14.5 Å². The zero-order chi connectivity index (χ0) is 23.3. The van der Waals surface area contributed by atoms with Crippen LogP contribution in [0.25, 0.3) is 0 Å². The second kappa shape index (κ2) is 11.7. The SMILES string of the molecule is O=C1NC[C@@H](CCC(=O)N2CCN(C3CCCC[NH2+]3)CC2)[NH+]2C[C@H](NCC3CCCCC3)C[C@H]12. The van der Waals surface area contributed by atoms with Gasteiger partial charge in [-0.2, -0.15) is 0 Å². The molecule has 4 saturated heterocycles. The lowest BCUT2D eigenvalue weighted by atomic mass is 9.89. The van der Waals surface area contributed by atoms with Gasteiger partial charge in [0.1, 0.15) is 12.2 Å². The standard InChI is InChI=1S/C26H46N6O2/c33-25(31-14-12-30(13-15-31)24-8-4-5-11-27-24)10-9-22-18-29-26(34)23-16-21(19-32(22)23)28-17-20-6-2-1-3-7-20/h20-24,27-28H,1-19H2,(H,29,34)/p+2/t21-,22-,23-,24?/m1/s1. The smallest absolute Gasteiger partial charge is 0.278 e. The first-order chi connectivity index (χ1) is 16.7. The van der Waals surface area contributed by atoms with Gasteiger partial charge in [0.15, 0.2) is 6.04 Å². The van der Waals surface area contributed by atoms with Crippen LogP contribution in [0.4, 0.5) is 0 Å². The van der Waals surface area contributed by atoms with Gasteiger partial charge in [-0.25, -0.2) is 0 Å².